The van der Waals surface area contributed by atoms with Gasteiger partial charge in [-0.15, -0.1) is 0 Å². The number of para-hydroxylation sites is 1. The van der Waals surface area contributed by atoms with Gasteiger partial charge in [0.15, 0.2) is 0 Å². The Balaban J connectivity index is 1.63. The molecule has 1 fully saturated rings. The SMILES string of the molecule is O=C(O[C@@H]1Cc2ccccc2N(S(=O)(=O)c2ccc(Cl)cc2)C1)N1CCCC1. The molecule has 0 aromatic heterocycles. The summed E-state index contributed by atoms with van der Waals surface area (Å²) in [6.07, 6.45) is 1.53. The lowest BCUT2D eigenvalue weighted by Gasteiger charge is -2.35. The Morgan fingerprint density at radius 1 is 1.04 bits per heavy atom. The molecule has 2 aromatic rings. The molecule has 0 spiro atoms. The summed E-state index contributed by atoms with van der Waals surface area (Å²) in [6, 6.07) is 13.4. The van der Waals surface area contributed by atoms with Crippen molar-refractivity contribution in [1.29, 1.82) is 0 Å². The maximum Gasteiger partial charge on any atom is 0.410 e. The van der Waals surface area contributed by atoms with Crippen LogP contribution in [-0.4, -0.2) is 45.1 Å². The van der Waals surface area contributed by atoms with Crippen LogP contribution < -0.4 is 4.31 Å². The number of fused-ring (bicyclic) bond motifs is 1. The highest BCUT2D eigenvalue weighted by molar-refractivity contribution is 7.92. The molecular weight excluding hydrogens is 400 g/mol. The Hall–Kier alpha value is -2.25. The number of hydrogen-bond donors (Lipinski definition) is 0. The summed E-state index contributed by atoms with van der Waals surface area (Å²) >= 11 is 5.90. The third-order valence-corrected chi connectivity index (χ3v) is 7.16. The Morgan fingerprint density at radius 2 is 1.71 bits per heavy atom. The van der Waals surface area contributed by atoms with Crippen LogP contribution in [0.1, 0.15) is 18.4 Å². The molecule has 0 radical (unpaired) electrons. The van der Waals surface area contributed by atoms with Gasteiger partial charge in [0.05, 0.1) is 17.1 Å². The molecule has 0 N–H and O–H groups in total. The van der Waals surface area contributed by atoms with Gasteiger partial charge in [-0.25, -0.2) is 13.2 Å². The van der Waals surface area contributed by atoms with Gasteiger partial charge in [0, 0.05) is 24.5 Å². The minimum Gasteiger partial charge on any atom is -0.444 e. The zero-order valence-electron chi connectivity index (χ0n) is 15.3. The van der Waals surface area contributed by atoms with Gasteiger partial charge in [-0.2, -0.15) is 0 Å². The van der Waals surface area contributed by atoms with Crippen molar-refractivity contribution in [2.45, 2.75) is 30.3 Å². The van der Waals surface area contributed by atoms with Gasteiger partial charge < -0.3 is 9.64 Å². The zero-order chi connectivity index (χ0) is 19.7. The highest BCUT2D eigenvalue weighted by atomic mass is 35.5. The van der Waals surface area contributed by atoms with E-state index in [1.165, 1.54) is 16.4 Å². The third-order valence-electron chi connectivity index (χ3n) is 5.11. The Kier molecular flexibility index (Phi) is 5.21. The van der Waals surface area contributed by atoms with Crippen LogP contribution >= 0.6 is 11.6 Å². The number of anilines is 1. The van der Waals surface area contributed by atoms with Gasteiger partial charge in [0.25, 0.3) is 10.0 Å². The second-order valence-electron chi connectivity index (χ2n) is 7.02. The maximum absolute atomic E-state index is 13.3. The first-order valence-corrected chi connectivity index (χ1v) is 11.1. The molecule has 4 rings (SSSR count). The molecule has 28 heavy (non-hydrogen) atoms. The molecule has 1 amide bonds. The monoisotopic (exact) mass is 420 g/mol. The van der Waals surface area contributed by atoms with E-state index >= 15 is 0 Å². The van der Waals surface area contributed by atoms with Crippen LogP contribution in [0.4, 0.5) is 10.5 Å². The molecule has 0 saturated carbocycles. The highest BCUT2D eigenvalue weighted by Crippen LogP contribution is 2.33. The summed E-state index contributed by atoms with van der Waals surface area (Å²) in [6.45, 7) is 1.46. The van der Waals surface area contributed by atoms with E-state index in [1.807, 2.05) is 12.1 Å². The first-order valence-electron chi connectivity index (χ1n) is 9.27. The van der Waals surface area contributed by atoms with Gasteiger partial charge in [0.2, 0.25) is 0 Å². The number of nitrogens with zero attached hydrogens (tertiary/aromatic N) is 2. The number of benzene rings is 2. The fourth-order valence-electron chi connectivity index (χ4n) is 3.68. The van der Waals surface area contributed by atoms with Crippen molar-refractivity contribution < 1.29 is 17.9 Å². The number of carbonyl (C=O) groups excluding carboxylic acids is 1. The number of sulfonamides is 1. The number of amides is 1. The molecule has 2 heterocycles. The van der Waals surface area contributed by atoms with Crippen molar-refractivity contribution in [1.82, 2.24) is 4.90 Å². The molecule has 6 nitrogen and oxygen atoms in total. The lowest BCUT2D eigenvalue weighted by atomic mass is 10.0. The lowest BCUT2D eigenvalue weighted by molar-refractivity contribution is 0.0711. The fourth-order valence-corrected chi connectivity index (χ4v) is 5.34. The van der Waals surface area contributed by atoms with Crippen molar-refractivity contribution in [2.75, 3.05) is 23.9 Å². The maximum atomic E-state index is 13.3. The first kappa shape index (κ1) is 19.1. The molecule has 0 unspecified atom stereocenters. The average Bonchev–Trinajstić information content (AvgIpc) is 3.23. The van der Waals surface area contributed by atoms with Crippen LogP contribution in [0, 0.1) is 0 Å². The van der Waals surface area contributed by atoms with Crippen molar-refractivity contribution in [2.24, 2.45) is 0 Å². The molecule has 8 heteroatoms. The predicted octanol–water partition coefficient (Wildman–Crippen LogP) is 3.69. The largest absolute Gasteiger partial charge is 0.444 e. The van der Waals surface area contributed by atoms with E-state index in [-0.39, 0.29) is 17.5 Å². The quantitative estimate of drug-likeness (QED) is 0.759. The van der Waals surface area contributed by atoms with E-state index < -0.39 is 16.1 Å². The Labute approximate surface area is 169 Å². The Bertz CT molecular complexity index is 972. The molecule has 148 valence electrons. The second kappa shape index (κ2) is 7.64. The van der Waals surface area contributed by atoms with Gasteiger partial charge in [-0.05, 0) is 48.7 Å². The van der Waals surface area contributed by atoms with Crippen LogP contribution in [0.15, 0.2) is 53.4 Å². The molecule has 2 aliphatic rings. The number of hydrogen-bond acceptors (Lipinski definition) is 4. The summed E-state index contributed by atoms with van der Waals surface area (Å²) in [5.41, 5.74) is 1.46. The normalized spacial score (nSPS) is 19.4. The van der Waals surface area contributed by atoms with Gasteiger partial charge in [-0.3, -0.25) is 4.31 Å². The number of rotatable bonds is 3. The standard InChI is InChI=1S/C20H21ClN2O4S/c21-16-7-9-18(10-8-16)28(25,26)23-14-17(13-15-5-1-2-6-19(15)23)27-20(24)22-11-3-4-12-22/h1-2,5-10,17H,3-4,11-14H2/t17-/m1/s1. The molecular formula is C20H21ClN2O4S. The molecule has 0 aliphatic carbocycles. The van der Waals surface area contributed by atoms with Crippen molar-refractivity contribution >= 4 is 33.4 Å². The van der Waals surface area contributed by atoms with Gasteiger partial charge in [-0.1, -0.05) is 29.8 Å². The molecule has 1 atom stereocenters. The van der Waals surface area contributed by atoms with Crippen LogP contribution in [0.3, 0.4) is 0 Å². The first-order chi connectivity index (χ1) is 13.4. The van der Waals surface area contributed by atoms with Crippen LogP contribution in [0.5, 0.6) is 0 Å². The molecule has 2 aliphatic heterocycles. The predicted molar refractivity (Wildman–Crippen MR) is 107 cm³/mol. The average molecular weight is 421 g/mol. The van der Waals surface area contributed by atoms with Crippen LogP contribution in [-0.2, 0) is 21.2 Å². The zero-order valence-corrected chi connectivity index (χ0v) is 16.8. The minimum absolute atomic E-state index is 0.0849. The summed E-state index contributed by atoms with van der Waals surface area (Å²) in [7, 11) is -3.81. The third kappa shape index (κ3) is 3.69. The highest BCUT2D eigenvalue weighted by Gasteiger charge is 2.35. The van der Waals surface area contributed by atoms with Crippen LogP contribution in [0.25, 0.3) is 0 Å². The van der Waals surface area contributed by atoms with Gasteiger partial charge >= 0.3 is 6.09 Å². The summed E-state index contributed by atoms with van der Waals surface area (Å²) in [5, 5.41) is 0.468. The van der Waals surface area contributed by atoms with Crippen molar-refractivity contribution in [3.8, 4) is 0 Å². The summed E-state index contributed by atoms with van der Waals surface area (Å²) in [4.78, 5) is 14.2. The summed E-state index contributed by atoms with van der Waals surface area (Å²) < 4.78 is 33.6. The number of likely N-dealkylation sites (tertiary alicyclic amines) is 1. The number of ether oxygens (including phenoxy) is 1. The van der Waals surface area contributed by atoms with E-state index in [0.29, 0.717) is 30.2 Å². The molecule has 1 saturated heterocycles. The molecule has 2 aromatic carbocycles. The van der Waals surface area contributed by atoms with Crippen molar-refractivity contribution in [3.05, 3.63) is 59.1 Å². The molecule has 0 bridgehead atoms. The van der Waals surface area contributed by atoms with E-state index in [9.17, 15) is 13.2 Å². The van der Waals surface area contributed by atoms with Crippen molar-refractivity contribution in [3.63, 3.8) is 0 Å². The number of halogens is 1. The van der Waals surface area contributed by atoms with Crippen LogP contribution in [0.2, 0.25) is 5.02 Å². The van der Waals surface area contributed by atoms with Gasteiger partial charge in [0.1, 0.15) is 6.10 Å². The minimum atomic E-state index is -3.81. The summed E-state index contributed by atoms with van der Waals surface area (Å²) in [5.74, 6) is 0. The fraction of sp³-hybridized carbons (Fsp3) is 0.350. The second-order valence-corrected chi connectivity index (χ2v) is 9.32. The Morgan fingerprint density at radius 3 is 2.43 bits per heavy atom. The van der Waals surface area contributed by atoms with E-state index in [2.05, 4.69) is 0 Å². The topological polar surface area (TPSA) is 66.9 Å². The smallest absolute Gasteiger partial charge is 0.410 e. The van der Waals surface area contributed by atoms with E-state index in [4.69, 9.17) is 16.3 Å². The van der Waals surface area contributed by atoms with E-state index in [0.717, 1.165) is 18.4 Å². The lowest BCUT2D eigenvalue weighted by Crippen LogP contribution is -2.45. The van der Waals surface area contributed by atoms with E-state index in [1.54, 1.807) is 29.2 Å². The number of carbonyl (C=O) groups is 1.